The predicted octanol–water partition coefficient (Wildman–Crippen LogP) is -1.20. The normalized spacial score (nSPS) is 26.6. The van der Waals surface area contributed by atoms with Crippen molar-refractivity contribution in [1.82, 2.24) is 10.2 Å². The fraction of sp³-hybridized carbons (Fsp3) is 0.857. The van der Waals surface area contributed by atoms with Gasteiger partial charge in [0.1, 0.15) is 6.04 Å². The number of amides is 1. The van der Waals surface area contributed by atoms with Gasteiger partial charge in [-0.3, -0.25) is 4.79 Å². The first-order valence-corrected chi connectivity index (χ1v) is 3.79. The van der Waals surface area contributed by atoms with E-state index in [-0.39, 0.29) is 11.9 Å². The molecule has 0 aromatic rings. The molecule has 0 aromatic heterocycles. The van der Waals surface area contributed by atoms with E-state index in [0.29, 0.717) is 6.54 Å². The predicted molar refractivity (Wildman–Crippen MR) is 41.1 cm³/mol. The second-order valence-electron chi connectivity index (χ2n) is 2.93. The smallest absolute Gasteiger partial charge is 0.241 e. The number of likely N-dealkylation sites (N-methyl/N-ethyl adjacent to an activating group) is 1. The third-order valence-electron chi connectivity index (χ3n) is 1.85. The van der Waals surface area contributed by atoms with E-state index < -0.39 is 6.10 Å². The zero-order valence-electron chi connectivity index (χ0n) is 6.87. The molecule has 1 saturated heterocycles. The van der Waals surface area contributed by atoms with Gasteiger partial charge in [0, 0.05) is 13.1 Å². The Morgan fingerprint density at radius 1 is 1.91 bits per heavy atom. The summed E-state index contributed by atoms with van der Waals surface area (Å²) in [5.74, 6) is 0.0911. The van der Waals surface area contributed by atoms with Crippen LogP contribution in [0.3, 0.4) is 0 Å². The van der Waals surface area contributed by atoms with E-state index in [1.165, 1.54) is 0 Å². The molecule has 1 amide bonds. The number of β-lactam (4-membered cyclic amide) rings is 1. The Balaban J connectivity index is 2.27. The van der Waals surface area contributed by atoms with E-state index in [9.17, 15) is 4.79 Å². The van der Waals surface area contributed by atoms with Crippen LogP contribution in [0.4, 0.5) is 0 Å². The quantitative estimate of drug-likeness (QED) is 0.507. The Hall–Kier alpha value is -0.610. The summed E-state index contributed by atoms with van der Waals surface area (Å²) in [6, 6.07) is -0.0197. The van der Waals surface area contributed by atoms with Gasteiger partial charge in [0.05, 0.1) is 6.10 Å². The molecule has 11 heavy (non-hydrogen) atoms. The molecule has 64 valence electrons. The summed E-state index contributed by atoms with van der Waals surface area (Å²) >= 11 is 0. The molecule has 4 heteroatoms. The van der Waals surface area contributed by atoms with E-state index in [2.05, 4.69) is 5.32 Å². The SMILES string of the molecule is CN[C@H]1CN(CC(C)O)C1=O. The van der Waals surface area contributed by atoms with E-state index in [1.54, 1.807) is 18.9 Å². The Morgan fingerprint density at radius 2 is 2.55 bits per heavy atom. The first-order chi connectivity index (χ1) is 5.15. The van der Waals surface area contributed by atoms with E-state index in [0.717, 1.165) is 6.54 Å². The molecule has 1 aliphatic rings. The van der Waals surface area contributed by atoms with Crippen LogP contribution in [-0.2, 0) is 4.79 Å². The molecule has 1 fully saturated rings. The number of nitrogens with one attached hydrogen (secondary N) is 1. The van der Waals surface area contributed by atoms with Crippen molar-refractivity contribution < 1.29 is 9.90 Å². The molecule has 1 aliphatic heterocycles. The highest BCUT2D eigenvalue weighted by Crippen LogP contribution is 2.09. The average Bonchev–Trinajstić information content (AvgIpc) is 1.96. The highest BCUT2D eigenvalue weighted by Gasteiger charge is 2.35. The van der Waals surface area contributed by atoms with Gasteiger partial charge in [-0.1, -0.05) is 0 Å². The molecule has 2 N–H and O–H groups in total. The third kappa shape index (κ3) is 1.70. The second-order valence-corrected chi connectivity index (χ2v) is 2.93. The highest BCUT2D eigenvalue weighted by atomic mass is 16.3. The fourth-order valence-corrected chi connectivity index (χ4v) is 1.19. The van der Waals surface area contributed by atoms with Crippen molar-refractivity contribution >= 4 is 5.91 Å². The van der Waals surface area contributed by atoms with E-state index in [1.807, 2.05) is 0 Å². The van der Waals surface area contributed by atoms with Crippen molar-refractivity contribution in [2.45, 2.75) is 19.1 Å². The molecule has 4 nitrogen and oxygen atoms in total. The molecule has 0 spiro atoms. The summed E-state index contributed by atoms with van der Waals surface area (Å²) in [6.45, 7) is 2.86. The average molecular weight is 158 g/mol. The topological polar surface area (TPSA) is 52.6 Å². The maximum absolute atomic E-state index is 11.1. The minimum absolute atomic E-state index is 0.0197. The first kappa shape index (κ1) is 8.49. The van der Waals surface area contributed by atoms with Gasteiger partial charge in [0.25, 0.3) is 0 Å². The standard InChI is InChI=1S/C7H14N2O2/c1-5(10)3-9-4-6(8-2)7(9)11/h5-6,8,10H,3-4H2,1-2H3/t5?,6-/m0/s1. The van der Waals surface area contributed by atoms with Crippen LogP contribution in [-0.4, -0.2) is 48.2 Å². The van der Waals surface area contributed by atoms with Gasteiger partial charge in [-0.05, 0) is 14.0 Å². The zero-order chi connectivity index (χ0) is 8.43. The molecule has 0 radical (unpaired) electrons. The van der Waals surface area contributed by atoms with Gasteiger partial charge in [-0.15, -0.1) is 0 Å². The number of hydrogen-bond acceptors (Lipinski definition) is 3. The first-order valence-electron chi connectivity index (χ1n) is 3.79. The summed E-state index contributed by atoms with van der Waals surface area (Å²) in [5.41, 5.74) is 0. The third-order valence-corrected chi connectivity index (χ3v) is 1.85. The lowest BCUT2D eigenvalue weighted by molar-refractivity contribution is -0.145. The lowest BCUT2D eigenvalue weighted by Crippen LogP contribution is -2.63. The lowest BCUT2D eigenvalue weighted by atomic mass is 10.1. The van der Waals surface area contributed by atoms with Crippen LogP contribution in [0.5, 0.6) is 0 Å². The number of aliphatic hydroxyl groups excluding tert-OH is 1. The Kier molecular flexibility index (Phi) is 2.46. The molecule has 1 unspecified atom stereocenters. The molecule has 0 aromatic carbocycles. The van der Waals surface area contributed by atoms with Gasteiger partial charge in [-0.25, -0.2) is 0 Å². The van der Waals surface area contributed by atoms with Crippen molar-refractivity contribution in [3.05, 3.63) is 0 Å². The number of hydrogen-bond donors (Lipinski definition) is 2. The minimum Gasteiger partial charge on any atom is -0.392 e. The van der Waals surface area contributed by atoms with Gasteiger partial charge in [0.15, 0.2) is 0 Å². The van der Waals surface area contributed by atoms with Gasteiger partial charge < -0.3 is 15.3 Å². The molecular formula is C7H14N2O2. The molecular weight excluding hydrogens is 144 g/mol. The van der Waals surface area contributed by atoms with E-state index in [4.69, 9.17) is 5.11 Å². The van der Waals surface area contributed by atoms with Gasteiger partial charge in [0.2, 0.25) is 5.91 Å². The van der Waals surface area contributed by atoms with Gasteiger partial charge in [-0.2, -0.15) is 0 Å². The van der Waals surface area contributed by atoms with Crippen LogP contribution in [0.25, 0.3) is 0 Å². The van der Waals surface area contributed by atoms with E-state index >= 15 is 0 Å². The number of carbonyl (C=O) groups excluding carboxylic acids is 1. The maximum Gasteiger partial charge on any atom is 0.241 e. The second kappa shape index (κ2) is 3.19. The van der Waals surface area contributed by atoms with Crippen LogP contribution in [0.1, 0.15) is 6.92 Å². The lowest BCUT2D eigenvalue weighted by Gasteiger charge is -2.38. The van der Waals surface area contributed by atoms with Crippen molar-refractivity contribution in [1.29, 1.82) is 0 Å². The van der Waals surface area contributed by atoms with Crippen LogP contribution >= 0.6 is 0 Å². The summed E-state index contributed by atoms with van der Waals surface area (Å²) in [7, 11) is 1.77. The molecule has 0 bridgehead atoms. The Bertz CT molecular complexity index is 159. The largest absolute Gasteiger partial charge is 0.392 e. The highest BCUT2D eigenvalue weighted by molar-refractivity contribution is 5.87. The molecule has 1 heterocycles. The van der Waals surface area contributed by atoms with Crippen LogP contribution in [0, 0.1) is 0 Å². The summed E-state index contributed by atoms with van der Waals surface area (Å²) in [5, 5.41) is 11.8. The van der Waals surface area contributed by atoms with Crippen molar-refractivity contribution in [3.63, 3.8) is 0 Å². The summed E-state index contributed by atoms with van der Waals surface area (Å²) in [4.78, 5) is 12.7. The Labute approximate surface area is 66.2 Å². The Morgan fingerprint density at radius 3 is 2.91 bits per heavy atom. The number of carbonyl (C=O) groups is 1. The summed E-state index contributed by atoms with van der Waals surface area (Å²) < 4.78 is 0. The number of β-amino-alcohol motifs (C(OH)–C–C–N with tert-alkyl or cyclic N) is 1. The van der Waals surface area contributed by atoms with Crippen LogP contribution in [0.2, 0.25) is 0 Å². The molecule has 1 rings (SSSR count). The molecule has 2 atom stereocenters. The maximum atomic E-state index is 11.1. The number of likely N-dealkylation sites (tertiary alicyclic amines) is 1. The minimum atomic E-state index is -0.420. The number of aliphatic hydroxyl groups is 1. The van der Waals surface area contributed by atoms with Gasteiger partial charge >= 0.3 is 0 Å². The summed E-state index contributed by atoms with van der Waals surface area (Å²) in [6.07, 6.45) is -0.420. The zero-order valence-corrected chi connectivity index (χ0v) is 6.87. The monoisotopic (exact) mass is 158 g/mol. The molecule has 0 saturated carbocycles. The van der Waals surface area contributed by atoms with Crippen molar-refractivity contribution in [2.75, 3.05) is 20.1 Å². The van der Waals surface area contributed by atoms with Crippen molar-refractivity contribution in [2.24, 2.45) is 0 Å². The fourth-order valence-electron chi connectivity index (χ4n) is 1.19. The van der Waals surface area contributed by atoms with Crippen LogP contribution < -0.4 is 5.32 Å². The number of nitrogens with zero attached hydrogens (tertiary/aromatic N) is 1. The van der Waals surface area contributed by atoms with Crippen LogP contribution in [0.15, 0.2) is 0 Å². The number of rotatable bonds is 3. The van der Waals surface area contributed by atoms with Crippen molar-refractivity contribution in [3.8, 4) is 0 Å². The molecule has 0 aliphatic carbocycles.